The minimum absolute atomic E-state index is 0.0757. The van der Waals surface area contributed by atoms with Crippen LogP contribution in [0.15, 0.2) is 30.3 Å². The molecule has 0 aliphatic carbocycles. The van der Waals surface area contributed by atoms with Crippen LogP contribution in [-0.2, 0) is 40.0 Å². The molecule has 2 heterocycles. The molecule has 3 rings (SSSR count). The Kier molecular flexibility index (Phi) is 7.79. The van der Waals surface area contributed by atoms with Crippen LogP contribution in [0.1, 0.15) is 39.2 Å². The summed E-state index contributed by atoms with van der Waals surface area (Å²) in [7, 11) is 1.12. The Morgan fingerprint density at radius 2 is 1.83 bits per heavy atom. The molecule has 0 bridgehead atoms. The van der Waals surface area contributed by atoms with Gasteiger partial charge >= 0.3 is 18.0 Å². The predicted octanol–water partition coefficient (Wildman–Crippen LogP) is 1.02. The van der Waals surface area contributed by atoms with Crippen LogP contribution in [0.2, 0.25) is 0 Å². The van der Waals surface area contributed by atoms with Gasteiger partial charge in [0.25, 0.3) is 0 Å². The molecule has 11 heteroatoms. The van der Waals surface area contributed by atoms with E-state index in [2.05, 4.69) is 4.74 Å². The van der Waals surface area contributed by atoms with Crippen LogP contribution in [0.4, 0.5) is 4.79 Å². The van der Waals surface area contributed by atoms with Crippen molar-refractivity contribution in [2.24, 2.45) is 5.92 Å². The summed E-state index contributed by atoms with van der Waals surface area (Å²) in [6, 6.07) is 4.89. The van der Waals surface area contributed by atoms with E-state index in [1.54, 1.807) is 51.1 Å². The molecule has 5 atom stereocenters. The first-order valence-corrected chi connectivity index (χ1v) is 11.2. The van der Waals surface area contributed by atoms with Crippen LogP contribution in [0, 0.1) is 5.92 Å². The van der Waals surface area contributed by atoms with Gasteiger partial charge in [-0.2, -0.15) is 0 Å². The molecule has 0 unspecified atom stereocenters. The fourth-order valence-corrected chi connectivity index (χ4v) is 4.40. The Morgan fingerprint density at radius 3 is 2.40 bits per heavy atom. The molecular formula is C24H30N2O9. The first-order valence-electron chi connectivity index (χ1n) is 11.2. The molecule has 2 aliphatic rings. The number of ether oxygens (including phenoxy) is 3. The maximum absolute atomic E-state index is 13.6. The van der Waals surface area contributed by atoms with Crippen molar-refractivity contribution >= 4 is 30.2 Å². The third-order valence-corrected chi connectivity index (χ3v) is 5.91. The molecule has 2 saturated heterocycles. The standard InChI is InChI=1S/C24H30N2O9/c1-24(2,3)35-22(31)19-15(12-27)10-16-21(30)26(17(11-18(28)33-4)20(29)25(16)19)23(32)34-13-14-8-6-5-7-9-14/h5-9,12,15-17,19,21,30H,10-11,13H2,1-4H3/t15-,16+,17+,19+,21-/m1/s1. The summed E-state index contributed by atoms with van der Waals surface area (Å²) < 4.78 is 15.4. The quantitative estimate of drug-likeness (QED) is 0.351. The van der Waals surface area contributed by atoms with E-state index in [1.165, 1.54) is 0 Å². The van der Waals surface area contributed by atoms with E-state index in [9.17, 15) is 29.1 Å². The van der Waals surface area contributed by atoms with E-state index in [-0.39, 0.29) is 13.0 Å². The molecule has 11 nitrogen and oxygen atoms in total. The van der Waals surface area contributed by atoms with Gasteiger partial charge in [-0.25, -0.2) is 9.59 Å². The monoisotopic (exact) mass is 490 g/mol. The lowest BCUT2D eigenvalue weighted by Gasteiger charge is -2.46. The molecular weight excluding hydrogens is 460 g/mol. The zero-order valence-electron chi connectivity index (χ0n) is 20.1. The molecule has 2 amide bonds. The van der Waals surface area contributed by atoms with Gasteiger partial charge in [0.05, 0.1) is 19.6 Å². The predicted molar refractivity (Wildman–Crippen MR) is 119 cm³/mol. The maximum Gasteiger partial charge on any atom is 0.412 e. The first-order chi connectivity index (χ1) is 16.5. The van der Waals surface area contributed by atoms with Crippen molar-refractivity contribution in [2.75, 3.05) is 7.11 Å². The molecule has 0 aromatic heterocycles. The Morgan fingerprint density at radius 1 is 1.17 bits per heavy atom. The summed E-state index contributed by atoms with van der Waals surface area (Å²) in [6.45, 7) is 4.80. The van der Waals surface area contributed by atoms with Gasteiger partial charge in [0.15, 0.2) is 6.23 Å². The number of carbonyl (C=O) groups is 5. The minimum atomic E-state index is -1.64. The molecule has 0 spiro atoms. The highest BCUT2D eigenvalue weighted by molar-refractivity contribution is 5.95. The van der Waals surface area contributed by atoms with Gasteiger partial charge in [-0.3, -0.25) is 14.5 Å². The highest BCUT2D eigenvalue weighted by Crippen LogP contribution is 2.38. The van der Waals surface area contributed by atoms with Crippen molar-refractivity contribution in [3.05, 3.63) is 35.9 Å². The van der Waals surface area contributed by atoms with Crippen molar-refractivity contribution in [3.8, 4) is 0 Å². The number of nitrogens with zero attached hydrogens (tertiary/aromatic N) is 2. The molecule has 1 N–H and O–H groups in total. The van der Waals surface area contributed by atoms with E-state index in [4.69, 9.17) is 9.47 Å². The topological polar surface area (TPSA) is 140 Å². The van der Waals surface area contributed by atoms with Gasteiger partial charge in [0.1, 0.15) is 30.6 Å². The summed E-state index contributed by atoms with van der Waals surface area (Å²) in [5, 5.41) is 11.1. The lowest BCUT2D eigenvalue weighted by Crippen LogP contribution is -2.68. The molecule has 190 valence electrons. The van der Waals surface area contributed by atoms with Crippen molar-refractivity contribution in [3.63, 3.8) is 0 Å². The molecule has 0 radical (unpaired) electrons. The SMILES string of the molecule is COC(=O)C[C@H]1C(=O)N2[C@H](C(=O)OC(C)(C)C)[C@@H](C=O)C[C@H]2[C@@H](O)N1C(=O)OCc1ccccc1. The number of hydrogen-bond acceptors (Lipinski definition) is 9. The summed E-state index contributed by atoms with van der Waals surface area (Å²) >= 11 is 0. The lowest BCUT2D eigenvalue weighted by atomic mass is 9.99. The highest BCUT2D eigenvalue weighted by Gasteiger charge is 2.59. The number of benzene rings is 1. The number of methoxy groups -OCH3 is 1. The zero-order chi connectivity index (χ0) is 25.9. The van der Waals surface area contributed by atoms with Crippen LogP contribution >= 0.6 is 0 Å². The van der Waals surface area contributed by atoms with E-state index in [0.29, 0.717) is 11.8 Å². The van der Waals surface area contributed by atoms with E-state index >= 15 is 0 Å². The van der Waals surface area contributed by atoms with Gasteiger partial charge in [-0.05, 0) is 32.8 Å². The number of amides is 2. The number of aliphatic hydroxyl groups excluding tert-OH is 1. The van der Waals surface area contributed by atoms with Gasteiger partial charge in [-0.1, -0.05) is 30.3 Å². The number of carbonyl (C=O) groups excluding carboxylic acids is 5. The molecule has 1 aromatic rings. The minimum Gasteiger partial charge on any atom is -0.469 e. The van der Waals surface area contributed by atoms with Crippen LogP contribution in [-0.4, -0.2) is 82.2 Å². The second kappa shape index (κ2) is 10.4. The van der Waals surface area contributed by atoms with Crippen LogP contribution in [0.25, 0.3) is 0 Å². The fourth-order valence-electron chi connectivity index (χ4n) is 4.40. The zero-order valence-corrected chi connectivity index (χ0v) is 20.1. The number of rotatable bonds is 6. The smallest absolute Gasteiger partial charge is 0.412 e. The maximum atomic E-state index is 13.6. The summed E-state index contributed by atoms with van der Waals surface area (Å²) in [5.74, 6) is -3.38. The molecule has 2 aliphatic heterocycles. The van der Waals surface area contributed by atoms with Crippen molar-refractivity contribution in [2.45, 2.75) is 70.2 Å². The number of esters is 2. The highest BCUT2D eigenvalue weighted by atomic mass is 16.6. The molecule has 2 fully saturated rings. The first kappa shape index (κ1) is 26.1. The fraction of sp³-hybridized carbons (Fsp3) is 0.542. The van der Waals surface area contributed by atoms with E-state index in [0.717, 1.165) is 16.9 Å². The van der Waals surface area contributed by atoms with Gasteiger partial charge in [0, 0.05) is 5.92 Å². The Balaban J connectivity index is 1.92. The van der Waals surface area contributed by atoms with Crippen LogP contribution in [0.5, 0.6) is 0 Å². The number of aliphatic hydroxyl groups is 1. The number of fused-ring (bicyclic) bond motifs is 1. The van der Waals surface area contributed by atoms with Crippen LogP contribution in [0.3, 0.4) is 0 Å². The number of piperazine rings is 1. The summed E-state index contributed by atoms with van der Waals surface area (Å²) in [5.41, 5.74) is -0.213. The largest absolute Gasteiger partial charge is 0.469 e. The Hall–Kier alpha value is -3.47. The van der Waals surface area contributed by atoms with Crippen molar-refractivity contribution in [1.29, 1.82) is 0 Å². The number of aldehydes is 1. The molecule has 35 heavy (non-hydrogen) atoms. The molecule has 1 aromatic carbocycles. The van der Waals surface area contributed by atoms with Crippen LogP contribution < -0.4 is 0 Å². The third kappa shape index (κ3) is 5.61. The Bertz CT molecular complexity index is 975. The van der Waals surface area contributed by atoms with E-state index in [1.807, 2.05) is 0 Å². The average Bonchev–Trinajstić information content (AvgIpc) is 3.21. The normalized spacial score (nSPS) is 26.1. The Labute approximate surface area is 202 Å². The summed E-state index contributed by atoms with van der Waals surface area (Å²) in [4.78, 5) is 65.3. The van der Waals surface area contributed by atoms with Gasteiger partial charge < -0.3 is 29.0 Å². The van der Waals surface area contributed by atoms with E-state index < -0.39 is 66.2 Å². The lowest BCUT2D eigenvalue weighted by molar-refractivity contribution is -0.178. The van der Waals surface area contributed by atoms with Crippen molar-refractivity contribution < 1.29 is 43.3 Å². The second-order valence-electron chi connectivity index (χ2n) is 9.48. The van der Waals surface area contributed by atoms with Gasteiger partial charge in [0.2, 0.25) is 5.91 Å². The molecule has 0 saturated carbocycles. The number of hydrogen-bond donors (Lipinski definition) is 1. The third-order valence-electron chi connectivity index (χ3n) is 5.91. The van der Waals surface area contributed by atoms with Crippen molar-refractivity contribution in [1.82, 2.24) is 9.80 Å². The van der Waals surface area contributed by atoms with Gasteiger partial charge in [-0.15, -0.1) is 0 Å². The summed E-state index contributed by atoms with van der Waals surface area (Å²) in [6.07, 6.45) is -2.79. The average molecular weight is 491 g/mol. The second-order valence-corrected chi connectivity index (χ2v) is 9.48.